The van der Waals surface area contributed by atoms with Gasteiger partial charge in [0.05, 0.1) is 0 Å². The predicted octanol–water partition coefficient (Wildman–Crippen LogP) is 6.27. The Bertz CT molecular complexity index is 338. The average molecular weight is 258 g/mol. The van der Waals surface area contributed by atoms with Crippen LogP contribution in [0.2, 0.25) is 0 Å². The molecule has 1 aromatic carbocycles. The molecule has 0 N–H and O–H groups in total. The molecule has 0 heteroatoms. The second kappa shape index (κ2) is 8.96. The highest BCUT2D eigenvalue weighted by molar-refractivity contribution is 5.28. The number of hydrogen-bond donors (Lipinski definition) is 0. The standard InChI is InChI=1S/C19H30/c1-4-6-7-8-9-10-14-17-19(3,5-2)18-15-12-11-13-16-18/h5,11-13,15-16H,2,4,6-10,14,17H2,1,3H3. The summed E-state index contributed by atoms with van der Waals surface area (Å²) >= 11 is 0. The van der Waals surface area contributed by atoms with Gasteiger partial charge in [0.15, 0.2) is 0 Å². The van der Waals surface area contributed by atoms with Crippen LogP contribution in [-0.2, 0) is 5.41 Å². The van der Waals surface area contributed by atoms with Crippen LogP contribution in [0.4, 0.5) is 0 Å². The first kappa shape index (κ1) is 16.0. The van der Waals surface area contributed by atoms with Gasteiger partial charge in [0.2, 0.25) is 0 Å². The van der Waals surface area contributed by atoms with E-state index in [2.05, 4.69) is 56.8 Å². The summed E-state index contributed by atoms with van der Waals surface area (Å²) in [6.45, 7) is 8.63. The molecule has 1 atom stereocenters. The Morgan fingerprint density at radius 1 is 0.947 bits per heavy atom. The molecule has 106 valence electrons. The molecule has 0 heterocycles. The van der Waals surface area contributed by atoms with Crippen molar-refractivity contribution >= 4 is 0 Å². The van der Waals surface area contributed by atoms with E-state index in [1.807, 2.05) is 0 Å². The molecule has 0 amide bonds. The Labute approximate surface area is 119 Å². The van der Waals surface area contributed by atoms with E-state index in [1.54, 1.807) is 0 Å². The van der Waals surface area contributed by atoms with E-state index in [1.165, 1.54) is 56.9 Å². The van der Waals surface area contributed by atoms with Gasteiger partial charge >= 0.3 is 0 Å². The van der Waals surface area contributed by atoms with Crippen LogP contribution >= 0.6 is 0 Å². The van der Waals surface area contributed by atoms with E-state index < -0.39 is 0 Å². The zero-order valence-corrected chi connectivity index (χ0v) is 12.8. The van der Waals surface area contributed by atoms with Crippen molar-refractivity contribution in [2.24, 2.45) is 0 Å². The maximum Gasteiger partial charge on any atom is 0.0101 e. The molecule has 1 aromatic rings. The summed E-state index contributed by atoms with van der Waals surface area (Å²) in [5.41, 5.74) is 1.54. The summed E-state index contributed by atoms with van der Waals surface area (Å²) in [5.74, 6) is 0. The lowest BCUT2D eigenvalue weighted by molar-refractivity contribution is 0.484. The molecule has 1 rings (SSSR count). The van der Waals surface area contributed by atoms with Gasteiger partial charge < -0.3 is 0 Å². The fourth-order valence-electron chi connectivity index (χ4n) is 2.63. The molecule has 0 saturated carbocycles. The van der Waals surface area contributed by atoms with Crippen molar-refractivity contribution in [3.05, 3.63) is 48.6 Å². The van der Waals surface area contributed by atoms with Gasteiger partial charge in [-0.15, -0.1) is 6.58 Å². The van der Waals surface area contributed by atoms with E-state index in [0.717, 1.165) is 0 Å². The highest BCUT2D eigenvalue weighted by Crippen LogP contribution is 2.31. The van der Waals surface area contributed by atoms with Crippen LogP contribution in [0.3, 0.4) is 0 Å². The topological polar surface area (TPSA) is 0 Å². The third-order valence-corrected chi connectivity index (χ3v) is 4.18. The van der Waals surface area contributed by atoms with E-state index >= 15 is 0 Å². The molecule has 0 aliphatic heterocycles. The Morgan fingerprint density at radius 3 is 2.11 bits per heavy atom. The highest BCUT2D eigenvalue weighted by atomic mass is 14.3. The van der Waals surface area contributed by atoms with Crippen molar-refractivity contribution in [2.75, 3.05) is 0 Å². The van der Waals surface area contributed by atoms with E-state index in [0.29, 0.717) is 0 Å². The van der Waals surface area contributed by atoms with Gasteiger partial charge in [0.25, 0.3) is 0 Å². The minimum atomic E-state index is 0.144. The fraction of sp³-hybridized carbons (Fsp3) is 0.579. The first-order chi connectivity index (χ1) is 9.23. The van der Waals surface area contributed by atoms with E-state index in [9.17, 15) is 0 Å². The summed E-state index contributed by atoms with van der Waals surface area (Å²) in [7, 11) is 0. The lowest BCUT2D eigenvalue weighted by Crippen LogP contribution is -2.18. The first-order valence-electron chi connectivity index (χ1n) is 7.92. The van der Waals surface area contributed by atoms with Crippen LogP contribution in [0.1, 0.15) is 70.8 Å². The second-order valence-electron chi connectivity index (χ2n) is 5.86. The largest absolute Gasteiger partial charge is 0.102 e. The molecular formula is C19H30. The zero-order valence-electron chi connectivity index (χ0n) is 12.8. The van der Waals surface area contributed by atoms with Crippen molar-refractivity contribution in [3.8, 4) is 0 Å². The van der Waals surface area contributed by atoms with Crippen LogP contribution in [0, 0.1) is 0 Å². The minimum absolute atomic E-state index is 0.144. The third kappa shape index (κ3) is 5.63. The van der Waals surface area contributed by atoms with Gasteiger partial charge in [0, 0.05) is 5.41 Å². The number of benzene rings is 1. The van der Waals surface area contributed by atoms with Crippen LogP contribution in [0.15, 0.2) is 43.0 Å². The summed E-state index contributed by atoms with van der Waals surface area (Å²) in [6.07, 6.45) is 13.0. The quantitative estimate of drug-likeness (QED) is 0.342. The predicted molar refractivity (Wildman–Crippen MR) is 86.6 cm³/mol. The monoisotopic (exact) mass is 258 g/mol. The Morgan fingerprint density at radius 2 is 1.53 bits per heavy atom. The Balaban J connectivity index is 2.31. The van der Waals surface area contributed by atoms with E-state index in [-0.39, 0.29) is 5.41 Å². The van der Waals surface area contributed by atoms with Crippen molar-refractivity contribution in [2.45, 2.75) is 70.6 Å². The van der Waals surface area contributed by atoms with Gasteiger partial charge in [-0.1, -0.05) is 95.2 Å². The highest BCUT2D eigenvalue weighted by Gasteiger charge is 2.21. The number of allylic oxidation sites excluding steroid dienone is 1. The third-order valence-electron chi connectivity index (χ3n) is 4.18. The molecule has 0 nitrogen and oxygen atoms in total. The zero-order chi connectivity index (χ0) is 14.0. The smallest absolute Gasteiger partial charge is 0.0101 e. The lowest BCUT2D eigenvalue weighted by atomic mass is 9.78. The number of rotatable bonds is 10. The van der Waals surface area contributed by atoms with Gasteiger partial charge in [-0.2, -0.15) is 0 Å². The molecular weight excluding hydrogens is 228 g/mol. The molecule has 1 unspecified atom stereocenters. The molecule has 0 radical (unpaired) electrons. The van der Waals surface area contributed by atoms with Crippen LogP contribution in [0.5, 0.6) is 0 Å². The van der Waals surface area contributed by atoms with Crippen molar-refractivity contribution in [1.82, 2.24) is 0 Å². The van der Waals surface area contributed by atoms with Crippen LogP contribution < -0.4 is 0 Å². The van der Waals surface area contributed by atoms with Crippen molar-refractivity contribution in [1.29, 1.82) is 0 Å². The van der Waals surface area contributed by atoms with Gasteiger partial charge in [0.1, 0.15) is 0 Å². The first-order valence-corrected chi connectivity index (χ1v) is 7.92. The summed E-state index contributed by atoms with van der Waals surface area (Å²) in [6, 6.07) is 10.8. The van der Waals surface area contributed by atoms with Crippen molar-refractivity contribution in [3.63, 3.8) is 0 Å². The summed E-state index contributed by atoms with van der Waals surface area (Å²) in [5, 5.41) is 0. The maximum absolute atomic E-state index is 4.05. The molecule has 0 aliphatic rings. The Kier molecular flexibility index (Phi) is 7.55. The maximum atomic E-state index is 4.05. The normalized spacial score (nSPS) is 14.0. The Hall–Kier alpha value is -1.04. The molecule has 0 spiro atoms. The summed E-state index contributed by atoms with van der Waals surface area (Å²) in [4.78, 5) is 0. The van der Waals surface area contributed by atoms with Gasteiger partial charge in [-0.25, -0.2) is 0 Å². The summed E-state index contributed by atoms with van der Waals surface area (Å²) < 4.78 is 0. The minimum Gasteiger partial charge on any atom is -0.102 e. The number of hydrogen-bond acceptors (Lipinski definition) is 0. The molecule has 0 bridgehead atoms. The van der Waals surface area contributed by atoms with Crippen LogP contribution in [-0.4, -0.2) is 0 Å². The van der Waals surface area contributed by atoms with Gasteiger partial charge in [-0.3, -0.25) is 0 Å². The molecule has 0 aliphatic carbocycles. The SMILES string of the molecule is C=CC(C)(CCCCCCCCC)c1ccccc1. The molecule has 19 heavy (non-hydrogen) atoms. The van der Waals surface area contributed by atoms with E-state index in [4.69, 9.17) is 0 Å². The molecule has 0 saturated heterocycles. The fourth-order valence-corrected chi connectivity index (χ4v) is 2.63. The lowest BCUT2D eigenvalue weighted by Gasteiger charge is -2.26. The van der Waals surface area contributed by atoms with Crippen LogP contribution in [0.25, 0.3) is 0 Å². The molecule has 0 aromatic heterocycles. The number of unbranched alkanes of at least 4 members (excludes halogenated alkanes) is 6. The van der Waals surface area contributed by atoms with Crippen molar-refractivity contribution < 1.29 is 0 Å². The second-order valence-corrected chi connectivity index (χ2v) is 5.86. The molecule has 0 fully saturated rings. The average Bonchev–Trinajstić information content (AvgIpc) is 2.47. The van der Waals surface area contributed by atoms with Gasteiger partial charge in [-0.05, 0) is 12.0 Å².